The number of rotatable bonds is 4. The third-order valence-electron chi connectivity index (χ3n) is 4.63. The van der Waals surface area contributed by atoms with Crippen LogP contribution < -0.4 is 5.32 Å². The average Bonchev–Trinajstić information content (AvgIpc) is 3.10. The molecule has 0 atom stereocenters. The SMILES string of the molecule is Cc1ccc(S(=O)(=O)N2CCC(Nc3ccc4nncn4n3)CC2)cc1. The van der Waals surface area contributed by atoms with E-state index in [0.717, 1.165) is 24.2 Å². The Kier molecular flexibility index (Phi) is 4.33. The predicted molar refractivity (Wildman–Crippen MR) is 97.4 cm³/mol. The van der Waals surface area contributed by atoms with Crippen LogP contribution in [0.2, 0.25) is 0 Å². The summed E-state index contributed by atoms with van der Waals surface area (Å²) in [6, 6.07) is 10.9. The number of fused-ring (bicyclic) bond motifs is 1. The van der Waals surface area contributed by atoms with Crippen molar-refractivity contribution in [1.82, 2.24) is 24.1 Å². The van der Waals surface area contributed by atoms with Crippen molar-refractivity contribution < 1.29 is 8.42 Å². The summed E-state index contributed by atoms with van der Waals surface area (Å²) in [6.07, 6.45) is 3.01. The van der Waals surface area contributed by atoms with Crippen molar-refractivity contribution >= 4 is 21.5 Å². The zero-order valence-corrected chi connectivity index (χ0v) is 15.2. The van der Waals surface area contributed by atoms with Crippen LogP contribution in [-0.2, 0) is 10.0 Å². The minimum atomic E-state index is -3.43. The second kappa shape index (κ2) is 6.65. The monoisotopic (exact) mass is 372 g/mol. The molecule has 0 bridgehead atoms. The van der Waals surface area contributed by atoms with E-state index in [0.29, 0.717) is 23.6 Å². The Labute approximate surface area is 151 Å². The average molecular weight is 372 g/mol. The second-order valence-corrected chi connectivity index (χ2v) is 8.43. The number of nitrogens with zero attached hydrogens (tertiary/aromatic N) is 5. The van der Waals surface area contributed by atoms with E-state index in [1.807, 2.05) is 31.2 Å². The molecule has 3 heterocycles. The maximum atomic E-state index is 12.8. The van der Waals surface area contributed by atoms with Crippen LogP contribution in [0, 0.1) is 6.92 Å². The number of aryl methyl sites for hydroxylation is 1. The third kappa shape index (κ3) is 3.27. The van der Waals surface area contributed by atoms with Gasteiger partial charge in [-0.2, -0.15) is 8.82 Å². The molecular formula is C17H20N6O2S. The number of sulfonamides is 1. The fourth-order valence-corrected chi connectivity index (χ4v) is 4.58. The van der Waals surface area contributed by atoms with Crippen LogP contribution in [-0.4, -0.2) is 51.7 Å². The van der Waals surface area contributed by atoms with E-state index < -0.39 is 10.0 Å². The van der Waals surface area contributed by atoms with Crippen molar-refractivity contribution in [2.75, 3.05) is 18.4 Å². The Balaban J connectivity index is 1.41. The van der Waals surface area contributed by atoms with Crippen molar-refractivity contribution in [3.63, 3.8) is 0 Å². The van der Waals surface area contributed by atoms with E-state index in [-0.39, 0.29) is 6.04 Å². The van der Waals surface area contributed by atoms with E-state index in [1.54, 1.807) is 27.3 Å². The summed E-state index contributed by atoms with van der Waals surface area (Å²) in [5.74, 6) is 0.733. The smallest absolute Gasteiger partial charge is 0.243 e. The summed E-state index contributed by atoms with van der Waals surface area (Å²) in [6.45, 7) is 2.92. The normalized spacial score (nSPS) is 16.8. The highest BCUT2D eigenvalue weighted by Gasteiger charge is 2.29. The Hall–Kier alpha value is -2.52. The maximum Gasteiger partial charge on any atom is 0.243 e. The first-order valence-electron chi connectivity index (χ1n) is 8.53. The van der Waals surface area contributed by atoms with E-state index in [4.69, 9.17) is 0 Å². The largest absolute Gasteiger partial charge is 0.366 e. The number of nitrogens with one attached hydrogen (secondary N) is 1. The van der Waals surface area contributed by atoms with E-state index >= 15 is 0 Å². The summed E-state index contributed by atoms with van der Waals surface area (Å²) in [5.41, 5.74) is 1.74. The molecule has 8 nitrogen and oxygen atoms in total. The summed E-state index contributed by atoms with van der Waals surface area (Å²) >= 11 is 0. The van der Waals surface area contributed by atoms with Crippen molar-refractivity contribution in [2.24, 2.45) is 0 Å². The molecule has 1 saturated heterocycles. The van der Waals surface area contributed by atoms with Gasteiger partial charge >= 0.3 is 0 Å². The molecule has 0 radical (unpaired) electrons. The van der Waals surface area contributed by atoms with Crippen molar-refractivity contribution in [3.8, 4) is 0 Å². The van der Waals surface area contributed by atoms with Gasteiger partial charge in [-0.1, -0.05) is 17.7 Å². The standard InChI is InChI=1S/C17H20N6O2S/c1-13-2-4-15(5-3-13)26(24,25)22-10-8-14(9-11-22)19-16-6-7-17-20-18-12-23(17)21-16/h2-7,12,14H,8-11H2,1H3,(H,19,21). The summed E-state index contributed by atoms with van der Waals surface area (Å²) < 4.78 is 28.7. The van der Waals surface area contributed by atoms with Gasteiger partial charge < -0.3 is 5.32 Å². The first-order valence-corrected chi connectivity index (χ1v) is 9.97. The molecule has 1 fully saturated rings. The second-order valence-electron chi connectivity index (χ2n) is 6.49. The lowest BCUT2D eigenvalue weighted by Gasteiger charge is -2.31. The number of aromatic nitrogens is 4. The quantitative estimate of drug-likeness (QED) is 0.749. The molecule has 1 aliphatic rings. The van der Waals surface area contributed by atoms with Gasteiger partial charge in [0.05, 0.1) is 4.90 Å². The first-order chi connectivity index (χ1) is 12.5. The third-order valence-corrected chi connectivity index (χ3v) is 6.54. The van der Waals surface area contributed by atoms with Crippen LogP contribution in [0.5, 0.6) is 0 Å². The molecule has 1 aromatic carbocycles. The van der Waals surface area contributed by atoms with Crippen molar-refractivity contribution in [3.05, 3.63) is 48.3 Å². The fourth-order valence-electron chi connectivity index (χ4n) is 3.11. The van der Waals surface area contributed by atoms with Crippen molar-refractivity contribution in [1.29, 1.82) is 0 Å². The molecule has 1 N–H and O–H groups in total. The van der Waals surface area contributed by atoms with E-state index in [9.17, 15) is 8.42 Å². The molecule has 26 heavy (non-hydrogen) atoms. The molecule has 0 spiro atoms. The van der Waals surface area contributed by atoms with Crippen LogP contribution in [0.25, 0.3) is 5.65 Å². The van der Waals surface area contributed by atoms with Gasteiger partial charge in [-0.25, -0.2) is 8.42 Å². The van der Waals surface area contributed by atoms with E-state index in [1.165, 1.54) is 0 Å². The predicted octanol–water partition coefficient (Wildman–Crippen LogP) is 1.70. The molecule has 9 heteroatoms. The fraction of sp³-hybridized carbons (Fsp3) is 0.353. The Morgan fingerprint density at radius 3 is 2.54 bits per heavy atom. The van der Waals surface area contributed by atoms with Gasteiger partial charge in [0.1, 0.15) is 12.1 Å². The minimum Gasteiger partial charge on any atom is -0.366 e. The molecule has 0 amide bonds. The molecular weight excluding hydrogens is 352 g/mol. The summed E-state index contributed by atoms with van der Waals surface area (Å²) in [7, 11) is -3.43. The van der Waals surface area contributed by atoms with Crippen LogP contribution in [0.15, 0.2) is 47.6 Å². The summed E-state index contributed by atoms with van der Waals surface area (Å²) in [5, 5.41) is 15.5. The van der Waals surface area contributed by atoms with Crippen LogP contribution in [0.3, 0.4) is 0 Å². The minimum absolute atomic E-state index is 0.181. The first kappa shape index (κ1) is 16.9. The van der Waals surface area contributed by atoms with Gasteiger partial charge in [0.25, 0.3) is 0 Å². The Bertz CT molecular complexity index is 1010. The number of benzene rings is 1. The Morgan fingerprint density at radius 1 is 1.08 bits per heavy atom. The Morgan fingerprint density at radius 2 is 1.81 bits per heavy atom. The van der Waals surface area contributed by atoms with Crippen LogP contribution in [0.1, 0.15) is 18.4 Å². The van der Waals surface area contributed by atoms with E-state index in [2.05, 4.69) is 20.6 Å². The lowest BCUT2D eigenvalue weighted by molar-refractivity contribution is 0.329. The molecule has 0 saturated carbocycles. The van der Waals surface area contributed by atoms with Gasteiger partial charge in [0.15, 0.2) is 5.65 Å². The number of hydrogen-bond donors (Lipinski definition) is 1. The van der Waals surface area contributed by atoms with Crippen molar-refractivity contribution in [2.45, 2.75) is 30.7 Å². The highest BCUT2D eigenvalue weighted by Crippen LogP contribution is 2.22. The van der Waals surface area contributed by atoms with Gasteiger partial charge in [-0.05, 0) is 44.0 Å². The molecule has 1 aliphatic heterocycles. The highest BCUT2D eigenvalue weighted by atomic mass is 32.2. The lowest BCUT2D eigenvalue weighted by Crippen LogP contribution is -2.42. The van der Waals surface area contributed by atoms with Gasteiger partial charge in [-0.15, -0.1) is 15.3 Å². The topological polar surface area (TPSA) is 92.5 Å². The highest BCUT2D eigenvalue weighted by molar-refractivity contribution is 7.89. The van der Waals surface area contributed by atoms with Crippen LogP contribution in [0.4, 0.5) is 5.82 Å². The van der Waals surface area contributed by atoms with Gasteiger partial charge in [0.2, 0.25) is 10.0 Å². The number of hydrogen-bond acceptors (Lipinski definition) is 6. The number of anilines is 1. The maximum absolute atomic E-state index is 12.8. The zero-order chi connectivity index (χ0) is 18.1. The number of piperidine rings is 1. The lowest BCUT2D eigenvalue weighted by atomic mass is 10.1. The van der Waals surface area contributed by atoms with Gasteiger partial charge in [0, 0.05) is 19.1 Å². The van der Waals surface area contributed by atoms with Crippen LogP contribution >= 0.6 is 0 Å². The van der Waals surface area contributed by atoms with Gasteiger partial charge in [-0.3, -0.25) is 0 Å². The summed E-state index contributed by atoms with van der Waals surface area (Å²) in [4.78, 5) is 0.356. The molecule has 3 aromatic rings. The molecule has 4 rings (SSSR count). The molecule has 2 aromatic heterocycles. The molecule has 0 aliphatic carbocycles. The molecule has 136 valence electrons. The zero-order valence-electron chi connectivity index (χ0n) is 14.4. The molecule has 0 unspecified atom stereocenters.